The van der Waals surface area contributed by atoms with E-state index in [4.69, 9.17) is 4.43 Å². The van der Waals surface area contributed by atoms with Gasteiger partial charge in [-0.15, -0.1) is 0 Å². The molecule has 1 aliphatic heterocycles. The van der Waals surface area contributed by atoms with Crippen LogP contribution < -0.4 is 15.6 Å². The SMILES string of the molecule is CN1C(=O)[C@@]2(CCO[Si](c3ccccc3)(c3ccccc3)C(C)(C)C)C=CC=C[C@H]2[C@H]1CC[Si](C)(C)c1ccccc1. The molecule has 1 heterocycles. The second-order valence-electron chi connectivity index (χ2n) is 13.8. The van der Waals surface area contributed by atoms with Crippen LogP contribution in [0, 0.1) is 11.3 Å². The Morgan fingerprint density at radius 3 is 1.86 bits per heavy atom. The monoisotopic (exact) mass is 593 g/mol. The Labute approximate surface area is 255 Å². The first-order valence-corrected chi connectivity index (χ1v) is 20.6. The van der Waals surface area contributed by atoms with E-state index in [0.717, 1.165) is 12.5 Å². The van der Waals surface area contributed by atoms with Crippen LogP contribution in [-0.4, -0.2) is 46.9 Å². The number of benzene rings is 3. The normalized spacial score (nSPS) is 22.4. The highest BCUT2D eigenvalue weighted by molar-refractivity contribution is 6.99. The van der Waals surface area contributed by atoms with Crippen molar-refractivity contribution in [2.24, 2.45) is 11.3 Å². The van der Waals surface area contributed by atoms with E-state index in [2.05, 4.69) is 154 Å². The van der Waals surface area contributed by atoms with E-state index in [9.17, 15) is 4.79 Å². The molecule has 2 aliphatic rings. The summed E-state index contributed by atoms with van der Waals surface area (Å²) in [6.45, 7) is 12.4. The molecule has 3 aromatic rings. The van der Waals surface area contributed by atoms with Gasteiger partial charge in [-0.25, -0.2) is 0 Å². The van der Waals surface area contributed by atoms with Crippen molar-refractivity contribution in [2.75, 3.05) is 13.7 Å². The molecule has 220 valence electrons. The minimum atomic E-state index is -2.68. The van der Waals surface area contributed by atoms with E-state index in [-0.39, 0.29) is 22.9 Å². The fourth-order valence-electron chi connectivity index (χ4n) is 7.51. The van der Waals surface area contributed by atoms with E-state index in [0.29, 0.717) is 13.0 Å². The Hall–Kier alpha value is -3.00. The van der Waals surface area contributed by atoms with Gasteiger partial charge in [0.15, 0.2) is 0 Å². The lowest BCUT2D eigenvalue weighted by Crippen LogP contribution is -2.66. The first-order valence-electron chi connectivity index (χ1n) is 15.5. The molecule has 0 saturated carbocycles. The van der Waals surface area contributed by atoms with Crippen molar-refractivity contribution in [3.05, 3.63) is 115 Å². The summed E-state index contributed by atoms with van der Waals surface area (Å²) in [6.07, 6.45) is 10.4. The first kappa shape index (κ1) is 30.5. The van der Waals surface area contributed by atoms with E-state index in [1.165, 1.54) is 15.6 Å². The topological polar surface area (TPSA) is 29.5 Å². The second kappa shape index (κ2) is 11.9. The number of rotatable bonds is 10. The van der Waals surface area contributed by atoms with Crippen LogP contribution in [0.1, 0.15) is 33.6 Å². The molecule has 42 heavy (non-hydrogen) atoms. The summed E-state index contributed by atoms with van der Waals surface area (Å²) in [5, 5.41) is 3.94. The maximum Gasteiger partial charge on any atom is 0.261 e. The van der Waals surface area contributed by atoms with Crippen molar-refractivity contribution >= 4 is 37.9 Å². The van der Waals surface area contributed by atoms with Gasteiger partial charge in [-0.1, -0.05) is 160 Å². The van der Waals surface area contributed by atoms with Gasteiger partial charge in [-0.2, -0.15) is 0 Å². The highest BCUT2D eigenvalue weighted by Crippen LogP contribution is 2.49. The number of carbonyl (C=O) groups is 1. The molecule has 0 spiro atoms. The largest absolute Gasteiger partial charge is 0.407 e. The molecule has 1 amide bonds. The molecule has 3 aromatic carbocycles. The third-order valence-corrected chi connectivity index (χ3v) is 18.4. The number of fused-ring (bicyclic) bond motifs is 1. The van der Waals surface area contributed by atoms with Crippen molar-refractivity contribution in [3.8, 4) is 0 Å². The zero-order valence-electron chi connectivity index (χ0n) is 26.2. The molecule has 5 rings (SSSR count). The first-order chi connectivity index (χ1) is 20.0. The average Bonchev–Trinajstić information content (AvgIpc) is 3.21. The Morgan fingerprint density at radius 1 is 0.810 bits per heavy atom. The highest BCUT2D eigenvalue weighted by Gasteiger charge is 2.57. The van der Waals surface area contributed by atoms with E-state index < -0.39 is 21.8 Å². The smallest absolute Gasteiger partial charge is 0.261 e. The Balaban J connectivity index is 1.42. The van der Waals surface area contributed by atoms with E-state index >= 15 is 0 Å². The number of amides is 1. The highest BCUT2D eigenvalue weighted by atomic mass is 28.4. The average molecular weight is 594 g/mol. The third kappa shape index (κ3) is 5.43. The fraction of sp³-hybridized carbons (Fsp3) is 0.378. The van der Waals surface area contributed by atoms with Crippen molar-refractivity contribution in [1.29, 1.82) is 0 Å². The van der Waals surface area contributed by atoms with Gasteiger partial charge in [-0.3, -0.25) is 4.79 Å². The lowest BCUT2D eigenvalue weighted by atomic mass is 9.70. The van der Waals surface area contributed by atoms with Crippen LogP contribution in [0.3, 0.4) is 0 Å². The standard InChI is InChI=1S/C37H47NO2Si2/c1-36(2,3)42(31-20-12-8-13-21-31,32-22-14-9-15-23-32)40-28-27-37-26-17-16-24-33(37)34(38(4)35(37)39)25-29-41(5,6)30-18-10-7-11-19-30/h7-24,26,33-34H,25,27-29H2,1-6H3/t33-,34+,37+/m0/s1. The van der Waals surface area contributed by atoms with Gasteiger partial charge in [0.2, 0.25) is 5.91 Å². The summed E-state index contributed by atoms with van der Waals surface area (Å²) in [4.78, 5) is 16.2. The predicted molar refractivity (Wildman–Crippen MR) is 182 cm³/mol. The molecule has 0 unspecified atom stereocenters. The van der Waals surface area contributed by atoms with Gasteiger partial charge in [0.05, 0.1) is 13.5 Å². The summed E-state index contributed by atoms with van der Waals surface area (Å²) >= 11 is 0. The molecule has 0 N–H and O–H groups in total. The van der Waals surface area contributed by atoms with Gasteiger partial charge in [0.1, 0.15) is 0 Å². The zero-order valence-corrected chi connectivity index (χ0v) is 28.2. The summed E-state index contributed by atoms with van der Waals surface area (Å²) in [6, 6.07) is 33.9. The molecule has 3 nitrogen and oxygen atoms in total. The number of hydrogen-bond acceptors (Lipinski definition) is 2. The molecule has 3 atom stereocenters. The molecule has 1 fully saturated rings. The molecule has 1 saturated heterocycles. The van der Waals surface area contributed by atoms with Crippen LogP contribution >= 0.6 is 0 Å². The number of allylic oxidation sites excluding steroid dienone is 2. The Bertz CT molecular complexity index is 1370. The number of nitrogens with zero attached hydrogens (tertiary/aromatic N) is 1. The summed E-state index contributed by atoms with van der Waals surface area (Å²) < 4.78 is 7.28. The van der Waals surface area contributed by atoms with Crippen LogP contribution in [0.2, 0.25) is 24.2 Å². The molecule has 0 radical (unpaired) electrons. The molecular formula is C37H47NO2Si2. The Kier molecular flexibility index (Phi) is 8.66. The molecule has 5 heteroatoms. The van der Waals surface area contributed by atoms with Gasteiger partial charge in [0, 0.05) is 25.6 Å². The minimum Gasteiger partial charge on any atom is -0.407 e. The number of likely N-dealkylation sites (tertiary alicyclic amines) is 1. The summed E-state index contributed by atoms with van der Waals surface area (Å²) in [5.74, 6) is 0.395. The summed E-state index contributed by atoms with van der Waals surface area (Å²) in [7, 11) is -2.28. The van der Waals surface area contributed by atoms with E-state index in [1.54, 1.807) is 0 Å². The number of carbonyl (C=O) groups excluding carboxylic acids is 1. The maximum atomic E-state index is 14.2. The van der Waals surface area contributed by atoms with Gasteiger partial charge >= 0.3 is 0 Å². The van der Waals surface area contributed by atoms with Crippen LogP contribution in [0.4, 0.5) is 0 Å². The molecule has 0 bridgehead atoms. The predicted octanol–water partition coefficient (Wildman–Crippen LogP) is 6.53. The lowest BCUT2D eigenvalue weighted by molar-refractivity contribution is -0.134. The van der Waals surface area contributed by atoms with E-state index in [1.807, 2.05) is 7.05 Å². The van der Waals surface area contributed by atoms with Crippen molar-refractivity contribution in [3.63, 3.8) is 0 Å². The van der Waals surface area contributed by atoms with Gasteiger partial charge < -0.3 is 9.33 Å². The Morgan fingerprint density at radius 2 is 1.33 bits per heavy atom. The van der Waals surface area contributed by atoms with Gasteiger partial charge in [-0.05, 0) is 28.3 Å². The molecule has 1 aliphatic carbocycles. The zero-order chi connectivity index (χ0) is 30.0. The maximum absolute atomic E-state index is 14.2. The third-order valence-electron chi connectivity index (χ3n) is 9.92. The van der Waals surface area contributed by atoms with Crippen LogP contribution in [0.5, 0.6) is 0 Å². The lowest BCUT2D eigenvalue weighted by Gasteiger charge is -2.44. The second-order valence-corrected chi connectivity index (χ2v) is 23.0. The fourth-order valence-corrected chi connectivity index (χ4v) is 14.5. The van der Waals surface area contributed by atoms with Gasteiger partial charge in [0.25, 0.3) is 8.32 Å². The summed E-state index contributed by atoms with van der Waals surface area (Å²) in [5.41, 5.74) is -0.558. The minimum absolute atomic E-state index is 0.0955. The molecular weight excluding hydrogens is 547 g/mol. The van der Waals surface area contributed by atoms with Crippen molar-refractivity contribution in [2.45, 2.75) is 63.8 Å². The van der Waals surface area contributed by atoms with Crippen LogP contribution in [-0.2, 0) is 9.22 Å². The number of hydrogen-bond donors (Lipinski definition) is 0. The quantitative estimate of drug-likeness (QED) is 0.250. The van der Waals surface area contributed by atoms with Crippen LogP contribution in [0.15, 0.2) is 115 Å². The molecule has 0 aromatic heterocycles. The van der Waals surface area contributed by atoms with Crippen molar-refractivity contribution < 1.29 is 9.22 Å². The van der Waals surface area contributed by atoms with Crippen molar-refractivity contribution in [1.82, 2.24) is 4.90 Å². The van der Waals surface area contributed by atoms with Crippen LogP contribution in [0.25, 0.3) is 0 Å².